The Bertz CT molecular complexity index is 805. The minimum absolute atomic E-state index is 0. The van der Waals surface area contributed by atoms with E-state index in [0.29, 0.717) is 5.56 Å². The molecule has 0 radical (unpaired) electrons. The van der Waals surface area contributed by atoms with Crippen LogP contribution in [0, 0.1) is 10.1 Å². The summed E-state index contributed by atoms with van der Waals surface area (Å²) in [5, 5.41) is 11.1. The maximum Gasteiger partial charge on any atom is 0.276 e. The van der Waals surface area contributed by atoms with Crippen molar-refractivity contribution >= 4 is 24.2 Å². The van der Waals surface area contributed by atoms with Crippen LogP contribution in [0.1, 0.15) is 41.5 Å². The second-order valence-electron chi connectivity index (χ2n) is 7.08. The quantitative estimate of drug-likeness (QED) is 0.377. The molecule has 1 aliphatic carbocycles. The normalized spacial score (nSPS) is 13.9. The van der Waals surface area contributed by atoms with Crippen molar-refractivity contribution in [2.24, 2.45) is 0 Å². The number of para-hydroxylation sites is 1. The van der Waals surface area contributed by atoms with Crippen molar-refractivity contribution in [3.05, 3.63) is 80.9 Å². The van der Waals surface area contributed by atoms with Crippen molar-refractivity contribution in [1.82, 2.24) is 4.90 Å². The topological polar surface area (TPSA) is 46.4 Å². The lowest BCUT2D eigenvalue weighted by atomic mass is 10.00. The van der Waals surface area contributed by atoms with Gasteiger partial charge in [0.2, 0.25) is 0 Å². The smallest absolute Gasteiger partial charge is 0.276 e. The number of nitro groups is 1. The van der Waals surface area contributed by atoms with E-state index in [1.807, 2.05) is 18.2 Å². The number of nitro benzene ring substituents is 1. The number of rotatable bonds is 6. The van der Waals surface area contributed by atoms with Crippen molar-refractivity contribution < 1.29 is 4.92 Å². The van der Waals surface area contributed by atoms with Crippen molar-refractivity contribution in [2.75, 3.05) is 13.6 Å². The fourth-order valence-corrected chi connectivity index (χ4v) is 3.59. The third-order valence-electron chi connectivity index (χ3n) is 4.96. The molecule has 0 spiro atoms. The zero-order chi connectivity index (χ0) is 18.4. The molecule has 0 heterocycles. The molecule has 0 amide bonds. The second-order valence-corrected chi connectivity index (χ2v) is 7.08. The van der Waals surface area contributed by atoms with Crippen LogP contribution in [0.15, 0.2) is 48.5 Å². The molecule has 0 aromatic heterocycles. The molecule has 3 rings (SSSR count). The van der Waals surface area contributed by atoms with E-state index >= 15 is 0 Å². The number of aryl methyl sites for hydroxylation is 2. The van der Waals surface area contributed by atoms with E-state index in [4.69, 9.17) is 0 Å². The van der Waals surface area contributed by atoms with Gasteiger partial charge in [0.05, 0.1) is 10.5 Å². The molecule has 0 N–H and O–H groups in total. The van der Waals surface area contributed by atoms with Gasteiger partial charge in [-0.3, -0.25) is 15.0 Å². The zero-order valence-corrected chi connectivity index (χ0v) is 16.6. The first kappa shape index (κ1) is 21.1. The first-order chi connectivity index (χ1) is 12.6. The van der Waals surface area contributed by atoms with Crippen LogP contribution in [0.4, 0.5) is 5.69 Å². The van der Waals surface area contributed by atoms with Crippen LogP contribution in [0.2, 0.25) is 0 Å². The van der Waals surface area contributed by atoms with Gasteiger partial charge in [-0.2, -0.15) is 0 Å². The van der Waals surface area contributed by atoms with Crippen LogP contribution in [0.5, 0.6) is 0 Å². The summed E-state index contributed by atoms with van der Waals surface area (Å²) in [4.78, 5) is 13.0. The van der Waals surface area contributed by atoms with E-state index in [-0.39, 0.29) is 23.0 Å². The minimum Gasteiger partial charge on any atom is -0.298 e. The van der Waals surface area contributed by atoms with Crippen LogP contribution in [-0.4, -0.2) is 23.4 Å². The second kappa shape index (κ2) is 10.2. The van der Waals surface area contributed by atoms with Gasteiger partial charge in [0.25, 0.3) is 5.69 Å². The van der Waals surface area contributed by atoms with Crippen molar-refractivity contribution in [3.8, 4) is 0 Å². The molecule has 2 aromatic rings. The van der Waals surface area contributed by atoms with E-state index in [2.05, 4.69) is 30.1 Å². The van der Waals surface area contributed by atoms with Gasteiger partial charge in [-0.15, -0.1) is 12.4 Å². The van der Waals surface area contributed by atoms with Gasteiger partial charge < -0.3 is 0 Å². The Labute approximate surface area is 167 Å². The third-order valence-corrected chi connectivity index (χ3v) is 4.96. The van der Waals surface area contributed by atoms with Crippen molar-refractivity contribution in [3.63, 3.8) is 0 Å². The van der Waals surface area contributed by atoms with Crippen molar-refractivity contribution in [1.29, 1.82) is 0 Å². The van der Waals surface area contributed by atoms with Gasteiger partial charge in [-0.05, 0) is 55.5 Å². The lowest BCUT2D eigenvalue weighted by molar-refractivity contribution is -0.385. The molecule has 0 bridgehead atoms. The summed E-state index contributed by atoms with van der Waals surface area (Å²) in [5.74, 6) is 0. The number of nitrogens with zero attached hydrogens (tertiary/aromatic N) is 2. The molecule has 2 aromatic carbocycles. The average Bonchev–Trinajstić information content (AvgIpc) is 2.87. The maximum absolute atomic E-state index is 11.1. The molecular formula is C22H27ClN2O2. The summed E-state index contributed by atoms with van der Waals surface area (Å²) in [6.45, 7) is 1.64. The van der Waals surface area contributed by atoms with Gasteiger partial charge in [0.1, 0.15) is 0 Å². The molecule has 27 heavy (non-hydrogen) atoms. The lowest BCUT2D eigenvalue weighted by Gasteiger charge is -2.16. The van der Waals surface area contributed by atoms with Gasteiger partial charge in [0, 0.05) is 19.2 Å². The molecule has 0 aliphatic heterocycles. The van der Waals surface area contributed by atoms with E-state index in [9.17, 15) is 10.1 Å². The monoisotopic (exact) mass is 386 g/mol. The minimum atomic E-state index is -0.334. The summed E-state index contributed by atoms with van der Waals surface area (Å²) in [7, 11) is 2.08. The molecule has 4 nitrogen and oxygen atoms in total. The Kier molecular flexibility index (Phi) is 8.01. The summed E-state index contributed by atoms with van der Waals surface area (Å²) >= 11 is 0. The highest BCUT2D eigenvalue weighted by atomic mass is 35.5. The number of hydrogen-bond acceptors (Lipinski definition) is 3. The Balaban J connectivity index is 0.00000261. The van der Waals surface area contributed by atoms with Crippen LogP contribution in [0.3, 0.4) is 0 Å². The first-order valence-electron chi connectivity index (χ1n) is 9.32. The highest BCUT2D eigenvalue weighted by Gasteiger charge is 2.10. The predicted molar refractivity (Wildman–Crippen MR) is 113 cm³/mol. The van der Waals surface area contributed by atoms with E-state index in [1.54, 1.807) is 18.2 Å². The highest BCUT2D eigenvalue weighted by Crippen LogP contribution is 2.22. The molecule has 1 aliphatic rings. The SMILES string of the molecule is CN(C/C=C/c1ccccc1[N+](=O)[O-])Cc1ccc2c(c1)CCCCC2.Cl. The number of hydrogen-bond donors (Lipinski definition) is 0. The Morgan fingerprint density at radius 1 is 1.07 bits per heavy atom. The van der Waals surface area contributed by atoms with Crippen LogP contribution < -0.4 is 0 Å². The zero-order valence-electron chi connectivity index (χ0n) is 15.8. The van der Waals surface area contributed by atoms with E-state index < -0.39 is 0 Å². The van der Waals surface area contributed by atoms with Crippen LogP contribution in [-0.2, 0) is 19.4 Å². The molecule has 0 unspecified atom stereocenters. The molecule has 0 saturated heterocycles. The van der Waals surface area contributed by atoms with Gasteiger partial charge >= 0.3 is 0 Å². The lowest BCUT2D eigenvalue weighted by Crippen LogP contribution is -2.17. The third kappa shape index (κ3) is 5.91. The van der Waals surface area contributed by atoms with Crippen LogP contribution in [0.25, 0.3) is 6.08 Å². The predicted octanol–water partition coefficient (Wildman–Crippen LogP) is 5.43. The van der Waals surface area contributed by atoms with E-state index in [1.165, 1.54) is 48.8 Å². The number of halogens is 1. The van der Waals surface area contributed by atoms with Crippen LogP contribution >= 0.6 is 12.4 Å². The summed E-state index contributed by atoms with van der Waals surface area (Å²) in [6.07, 6.45) is 10.2. The molecule has 0 atom stereocenters. The summed E-state index contributed by atoms with van der Waals surface area (Å²) in [6, 6.07) is 13.7. The summed E-state index contributed by atoms with van der Waals surface area (Å²) < 4.78 is 0. The molecule has 0 fully saturated rings. The molecule has 144 valence electrons. The van der Waals surface area contributed by atoms with Gasteiger partial charge in [-0.25, -0.2) is 0 Å². The number of fused-ring (bicyclic) bond motifs is 1. The Morgan fingerprint density at radius 3 is 2.59 bits per heavy atom. The fraction of sp³-hybridized carbons (Fsp3) is 0.364. The highest BCUT2D eigenvalue weighted by molar-refractivity contribution is 5.85. The molecule has 0 saturated carbocycles. The first-order valence-corrected chi connectivity index (χ1v) is 9.32. The number of benzene rings is 2. The average molecular weight is 387 g/mol. The Hall–Kier alpha value is -2.17. The largest absolute Gasteiger partial charge is 0.298 e. The molecular weight excluding hydrogens is 360 g/mol. The standard InChI is InChI=1S/C22H26N2O2.ClH/c1-23(15-7-11-20-9-5-6-12-22(20)24(25)26)17-18-13-14-19-8-3-2-4-10-21(19)16-18;/h5-7,9,11-14,16H,2-4,8,10,15,17H2,1H3;1H/b11-7+;. The fourth-order valence-electron chi connectivity index (χ4n) is 3.59. The van der Waals surface area contributed by atoms with E-state index in [0.717, 1.165) is 13.1 Å². The summed E-state index contributed by atoms with van der Waals surface area (Å²) in [5.41, 5.74) is 5.18. The van der Waals surface area contributed by atoms with Gasteiger partial charge in [-0.1, -0.05) is 48.9 Å². The molecule has 5 heteroatoms. The maximum atomic E-state index is 11.1. The Morgan fingerprint density at radius 2 is 1.81 bits per heavy atom. The van der Waals surface area contributed by atoms with Crippen molar-refractivity contribution in [2.45, 2.75) is 38.6 Å². The number of likely N-dealkylation sites (N-methyl/N-ethyl adjacent to an activating group) is 1. The van der Waals surface area contributed by atoms with Gasteiger partial charge in [0.15, 0.2) is 0 Å².